The Labute approximate surface area is 159 Å². The van der Waals surface area contributed by atoms with Crippen molar-refractivity contribution in [2.75, 3.05) is 19.6 Å². The van der Waals surface area contributed by atoms with Crippen molar-refractivity contribution in [2.45, 2.75) is 51.0 Å². The molecule has 6 nitrogen and oxygen atoms in total. The Morgan fingerprint density at radius 2 is 2.04 bits per heavy atom. The molecule has 1 N–H and O–H groups in total. The highest BCUT2D eigenvalue weighted by Crippen LogP contribution is 2.39. The largest absolute Gasteiger partial charge is 0.341 e. The molecule has 1 aliphatic carbocycles. The summed E-state index contributed by atoms with van der Waals surface area (Å²) in [6.45, 7) is 3.38. The van der Waals surface area contributed by atoms with Crippen LogP contribution in [0, 0.1) is 5.92 Å². The summed E-state index contributed by atoms with van der Waals surface area (Å²) in [4.78, 5) is 41.7. The lowest BCUT2D eigenvalue weighted by atomic mass is 9.84. The summed E-state index contributed by atoms with van der Waals surface area (Å²) in [6.07, 6.45) is 5.45. The first kappa shape index (κ1) is 18.0. The topological polar surface area (TPSA) is 69.7 Å². The predicted molar refractivity (Wildman–Crippen MR) is 101 cm³/mol. The van der Waals surface area contributed by atoms with Crippen LogP contribution in [0.3, 0.4) is 0 Å². The number of likely N-dealkylation sites (tertiary alicyclic amines) is 1. The van der Waals surface area contributed by atoms with Crippen LogP contribution < -0.4 is 5.32 Å². The Hall–Kier alpha value is -2.37. The van der Waals surface area contributed by atoms with Gasteiger partial charge in [-0.05, 0) is 55.6 Å². The highest BCUT2D eigenvalue weighted by molar-refractivity contribution is 6.09. The minimum Gasteiger partial charge on any atom is -0.341 e. The molecule has 144 valence electrons. The van der Waals surface area contributed by atoms with Crippen LogP contribution in [0.1, 0.15) is 50.2 Å². The van der Waals surface area contributed by atoms with Gasteiger partial charge in [0, 0.05) is 13.1 Å². The van der Waals surface area contributed by atoms with Crippen LogP contribution in [0.5, 0.6) is 0 Å². The van der Waals surface area contributed by atoms with E-state index in [1.165, 1.54) is 0 Å². The van der Waals surface area contributed by atoms with Gasteiger partial charge in [-0.2, -0.15) is 0 Å². The Bertz CT molecular complexity index is 778. The summed E-state index contributed by atoms with van der Waals surface area (Å²) >= 11 is 0. The fraction of sp³-hybridized carbons (Fsp3) is 0.571. The molecule has 3 aliphatic rings. The molecular weight excluding hydrogens is 342 g/mol. The number of carbonyl (C=O) groups is 3. The van der Waals surface area contributed by atoms with Crippen LogP contribution >= 0.6 is 0 Å². The van der Waals surface area contributed by atoms with Crippen LogP contribution in [-0.2, 0) is 21.5 Å². The molecule has 6 heteroatoms. The van der Waals surface area contributed by atoms with E-state index in [1.807, 2.05) is 24.3 Å². The highest BCUT2D eigenvalue weighted by atomic mass is 16.2. The number of hydrogen-bond donors (Lipinski definition) is 1. The number of piperidine rings is 1. The maximum atomic E-state index is 13.4. The highest BCUT2D eigenvalue weighted by Gasteiger charge is 2.53. The van der Waals surface area contributed by atoms with Gasteiger partial charge < -0.3 is 10.2 Å². The first-order chi connectivity index (χ1) is 13.0. The standard InChI is InChI=1S/C21H27N3O3/c1-15-7-6-12-23(13-15)18(25)14-24-19(26)21(22-20(24)27)11-5-4-9-16-8-2-3-10-17(16)21/h2-3,8,10,15H,4-7,9,11-14H2,1H3,(H,22,27)/t15-,21-/m1/s1. The molecule has 2 heterocycles. The maximum Gasteiger partial charge on any atom is 0.325 e. The molecule has 0 bridgehead atoms. The van der Waals surface area contributed by atoms with E-state index in [-0.39, 0.29) is 18.4 Å². The zero-order valence-corrected chi connectivity index (χ0v) is 15.9. The van der Waals surface area contributed by atoms with E-state index in [1.54, 1.807) is 4.90 Å². The van der Waals surface area contributed by atoms with Crippen molar-refractivity contribution in [2.24, 2.45) is 5.92 Å². The summed E-state index contributed by atoms with van der Waals surface area (Å²) in [5, 5.41) is 2.95. The van der Waals surface area contributed by atoms with Crippen molar-refractivity contribution in [3.05, 3.63) is 35.4 Å². The number of imide groups is 1. The van der Waals surface area contributed by atoms with Gasteiger partial charge >= 0.3 is 6.03 Å². The molecule has 4 amide bonds. The van der Waals surface area contributed by atoms with Gasteiger partial charge in [-0.25, -0.2) is 4.79 Å². The summed E-state index contributed by atoms with van der Waals surface area (Å²) in [7, 11) is 0. The normalized spacial score (nSPS) is 28.1. The SMILES string of the molecule is C[C@@H]1CCCN(C(=O)CN2C(=O)N[C@@]3(CCCCc4ccccc43)C2=O)C1. The van der Waals surface area contributed by atoms with Crippen LogP contribution in [0.15, 0.2) is 24.3 Å². The number of aryl methyl sites for hydroxylation is 1. The third-order valence-corrected chi connectivity index (χ3v) is 6.20. The molecule has 2 aliphatic heterocycles. The molecule has 27 heavy (non-hydrogen) atoms. The number of hydrogen-bond acceptors (Lipinski definition) is 3. The molecule has 2 saturated heterocycles. The molecule has 1 aromatic rings. The number of carbonyl (C=O) groups excluding carboxylic acids is 3. The lowest BCUT2D eigenvalue weighted by molar-refractivity contribution is -0.140. The second-order valence-corrected chi connectivity index (χ2v) is 8.18. The van der Waals surface area contributed by atoms with Crippen molar-refractivity contribution < 1.29 is 14.4 Å². The van der Waals surface area contributed by atoms with Gasteiger partial charge in [0.1, 0.15) is 12.1 Å². The lowest BCUT2D eigenvalue weighted by Gasteiger charge is -2.32. The van der Waals surface area contributed by atoms with Gasteiger partial charge in [-0.15, -0.1) is 0 Å². The number of urea groups is 1. The van der Waals surface area contributed by atoms with E-state index in [0.717, 1.165) is 48.1 Å². The van der Waals surface area contributed by atoms with E-state index in [2.05, 4.69) is 12.2 Å². The molecule has 4 rings (SSSR count). The summed E-state index contributed by atoms with van der Waals surface area (Å²) in [6, 6.07) is 7.41. The maximum absolute atomic E-state index is 13.4. The number of fused-ring (bicyclic) bond motifs is 2. The first-order valence-electron chi connectivity index (χ1n) is 10.0. The van der Waals surface area contributed by atoms with Gasteiger partial charge in [0.05, 0.1) is 0 Å². The number of amides is 4. The average molecular weight is 369 g/mol. The Morgan fingerprint density at radius 1 is 1.22 bits per heavy atom. The molecule has 0 saturated carbocycles. The Morgan fingerprint density at radius 3 is 2.85 bits per heavy atom. The predicted octanol–water partition coefficient (Wildman–Crippen LogP) is 2.42. The fourth-order valence-corrected chi connectivity index (χ4v) is 4.77. The van der Waals surface area contributed by atoms with E-state index < -0.39 is 11.6 Å². The van der Waals surface area contributed by atoms with Gasteiger partial charge in [0.15, 0.2) is 0 Å². The number of benzene rings is 1. The van der Waals surface area contributed by atoms with Gasteiger partial charge in [0.2, 0.25) is 5.91 Å². The number of nitrogens with zero attached hydrogens (tertiary/aromatic N) is 2. The fourth-order valence-electron chi connectivity index (χ4n) is 4.77. The summed E-state index contributed by atoms with van der Waals surface area (Å²) in [5.74, 6) is 0.0511. The molecule has 2 atom stereocenters. The van der Waals surface area contributed by atoms with Gasteiger partial charge in [-0.3, -0.25) is 14.5 Å². The molecule has 1 spiro atoms. The lowest BCUT2D eigenvalue weighted by Crippen LogP contribution is -2.47. The van der Waals surface area contributed by atoms with Crippen molar-refractivity contribution in [3.63, 3.8) is 0 Å². The molecule has 0 unspecified atom stereocenters. The molecule has 1 aromatic carbocycles. The molecular formula is C21H27N3O3. The van der Waals surface area contributed by atoms with Crippen molar-refractivity contribution in [3.8, 4) is 0 Å². The third-order valence-electron chi connectivity index (χ3n) is 6.20. The molecule has 2 fully saturated rings. The zero-order chi connectivity index (χ0) is 19.0. The summed E-state index contributed by atoms with van der Waals surface area (Å²) in [5.41, 5.74) is 0.990. The van der Waals surface area contributed by atoms with E-state index in [9.17, 15) is 14.4 Å². The second kappa shape index (κ2) is 6.98. The molecule has 0 radical (unpaired) electrons. The average Bonchev–Trinajstić information content (AvgIpc) is 2.81. The smallest absolute Gasteiger partial charge is 0.325 e. The van der Waals surface area contributed by atoms with Crippen molar-refractivity contribution in [1.29, 1.82) is 0 Å². The van der Waals surface area contributed by atoms with E-state index in [4.69, 9.17) is 0 Å². The zero-order valence-electron chi connectivity index (χ0n) is 15.9. The minimum atomic E-state index is -1.01. The van der Waals surface area contributed by atoms with Crippen molar-refractivity contribution in [1.82, 2.24) is 15.1 Å². The number of nitrogens with one attached hydrogen (secondary N) is 1. The third kappa shape index (κ3) is 3.11. The van der Waals surface area contributed by atoms with E-state index in [0.29, 0.717) is 25.4 Å². The van der Waals surface area contributed by atoms with Gasteiger partial charge in [-0.1, -0.05) is 31.2 Å². The van der Waals surface area contributed by atoms with Crippen molar-refractivity contribution >= 4 is 17.8 Å². The van der Waals surface area contributed by atoms with Gasteiger partial charge in [0.25, 0.3) is 5.91 Å². The first-order valence-corrected chi connectivity index (χ1v) is 10.0. The molecule has 0 aromatic heterocycles. The quantitative estimate of drug-likeness (QED) is 0.814. The number of rotatable bonds is 2. The van der Waals surface area contributed by atoms with Crippen LogP contribution in [0.25, 0.3) is 0 Å². The second-order valence-electron chi connectivity index (χ2n) is 8.18. The van der Waals surface area contributed by atoms with Crippen LogP contribution in [0.2, 0.25) is 0 Å². The summed E-state index contributed by atoms with van der Waals surface area (Å²) < 4.78 is 0. The Kier molecular flexibility index (Phi) is 4.66. The Balaban J connectivity index is 1.58. The van der Waals surface area contributed by atoms with E-state index >= 15 is 0 Å². The van der Waals surface area contributed by atoms with Crippen LogP contribution in [0.4, 0.5) is 4.79 Å². The monoisotopic (exact) mass is 369 g/mol. The van der Waals surface area contributed by atoms with Crippen LogP contribution in [-0.4, -0.2) is 47.3 Å². The minimum absolute atomic E-state index is 0.135.